The topological polar surface area (TPSA) is 29.9 Å². The summed E-state index contributed by atoms with van der Waals surface area (Å²) in [5.74, 6) is 0. The average molecular weight is 284 g/mol. The maximum Gasteiger partial charge on any atom is 0.389 e. The molecule has 7 heteroatoms. The van der Waals surface area contributed by atoms with Crippen LogP contribution in [0.3, 0.4) is 0 Å². The van der Waals surface area contributed by atoms with Crippen molar-refractivity contribution >= 4 is 11.6 Å². The van der Waals surface area contributed by atoms with E-state index in [9.17, 15) is 13.2 Å². The SMILES string of the molecule is CNC(CCC(F)(F)F)Cc1c(C)nn(C)c1Cl. The standard InChI is InChI=1S/C11H17ClF3N3/c1-7-9(10(12)18(3)17-7)6-8(16-2)4-5-11(13,14)15/h8,16H,4-6H2,1-3H3. The van der Waals surface area contributed by atoms with Gasteiger partial charge in [0, 0.05) is 25.1 Å². The zero-order valence-corrected chi connectivity index (χ0v) is 11.4. The number of nitrogens with zero attached hydrogens (tertiary/aromatic N) is 2. The molecule has 0 fully saturated rings. The van der Waals surface area contributed by atoms with Gasteiger partial charge in [-0.05, 0) is 26.8 Å². The van der Waals surface area contributed by atoms with Gasteiger partial charge >= 0.3 is 6.18 Å². The minimum atomic E-state index is -4.12. The molecule has 0 saturated carbocycles. The molecule has 104 valence electrons. The smallest absolute Gasteiger partial charge is 0.317 e. The van der Waals surface area contributed by atoms with E-state index in [-0.39, 0.29) is 12.5 Å². The lowest BCUT2D eigenvalue weighted by molar-refractivity contribution is -0.136. The summed E-state index contributed by atoms with van der Waals surface area (Å²) >= 11 is 6.06. The molecule has 1 rings (SSSR count). The number of hydrogen-bond donors (Lipinski definition) is 1. The summed E-state index contributed by atoms with van der Waals surface area (Å²) in [5.41, 5.74) is 1.57. The molecule has 0 aromatic carbocycles. The fourth-order valence-electron chi connectivity index (χ4n) is 1.84. The molecule has 0 saturated heterocycles. The van der Waals surface area contributed by atoms with Crippen molar-refractivity contribution in [2.24, 2.45) is 7.05 Å². The molecule has 1 heterocycles. The molecule has 1 aromatic heterocycles. The first kappa shape index (κ1) is 15.3. The van der Waals surface area contributed by atoms with Gasteiger partial charge in [0.15, 0.2) is 0 Å². The molecule has 0 aliphatic rings. The Bertz CT molecular complexity index is 401. The Morgan fingerprint density at radius 3 is 2.44 bits per heavy atom. The van der Waals surface area contributed by atoms with E-state index in [0.717, 1.165) is 11.3 Å². The Morgan fingerprint density at radius 2 is 2.06 bits per heavy atom. The summed E-state index contributed by atoms with van der Waals surface area (Å²) in [5, 5.41) is 7.52. The molecule has 0 bridgehead atoms. The van der Waals surface area contributed by atoms with E-state index in [1.807, 2.05) is 0 Å². The summed E-state index contributed by atoms with van der Waals surface area (Å²) in [6.45, 7) is 1.80. The Balaban J connectivity index is 2.68. The van der Waals surface area contributed by atoms with Crippen molar-refractivity contribution in [3.05, 3.63) is 16.4 Å². The van der Waals surface area contributed by atoms with Gasteiger partial charge in [-0.15, -0.1) is 0 Å². The average Bonchev–Trinajstić information content (AvgIpc) is 2.48. The molecule has 1 atom stereocenters. The van der Waals surface area contributed by atoms with Gasteiger partial charge < -0.3 is 5.32 Å². The lowest BCUT2D eigenvalue weighted by atomic mass is 10.0. The number of halogens is 4. The van der Waals surface area contributed by atoms with Gasteiger partial charge in [0.2, 0.25) is 0 Å². The molecular weight excluding hydrogens is 267 g/mol. The van der Waals surface area contributed by atoms with E-state index in [1.54, 1.807) is 21.0 Å². The first-order chi connectivity index (χ1) is 8.24. The third-order valence-electron chi connectivity index (χ3n) is 2.90. The van der Waals surface area contributed by atoms with Crippen LogP contribution in [0, 0.1) is 6.92 Å². The van der Waals surface area contributed by atoms with Crippen LogP contribution in [-0.2, 0) is 13.5 Å². The van der Waals surface area contributed by atoms with Crippen molar-refractivity contribution < 1.29 is 13.2 Å². The van der Waals surface area contributed by atoms with Gasteiger partial charge in [0.1, 0.15) is 5.15 Å². The van der Waals surface area contributed by atoms with Crippen LogP contribution in [0.4, 0.5) is 13.2 Å². The zero-order chi connectivity index (χ0) is 13.9. The normalized spacial score (nSPS) is 13.9. The number of alkyl halides is 3. The number of aromatic nitrogens is 2. The molecule has 1 unspecified atom stereocenters. The highest BCUT2D eigenvalue weighted by molar-refractivity contribution is 6.30. The molecule has 0 aliphatic heterocycles. The number of aryl methyl sites for hydroxylation is 2. The summed E-state index contributed by atoms with van der Waals surface area (Å²) in [6, 6.07) is -0.257. The Morgan fingerprint density at radius 1 is 1.44 bits per heavy atom. The molecule has 1 aromatic rings. The maximum absolute atomic E-state index is 12.2. The molecule has 1 N–H and O–H groups in total. The number of likely N-dealkylation sites (N-methyl/N-ethyl adjacent to an activating group) is 1. The Hall–Kier alpha value is -0.750. The zero-order valence-electron chi connectivity index (χ0n) is 10.6. The molecule has 0 spiro atoms. The highest BCUT2D eigenvalue weighted by atomic mass is 35.5. The van der Waals surface area contributed by atoms with Crippen LogP contribution >= 0.6 is 11.6 Å². The predicted molar refractivity (Wildman–Crippen MR) is 64.8 cm³/mol. The Labute approximate surface area is 109 Å². The van der Waals surface area contributed by atoms with Gasteiger partial charge in [-0.1, -0.05) is 11.6 Å². The lowest BCUT2D eigenvalue weighted by Crippen LogP contribution is -2.29. The fraction of sp³-hybridized carbons (Fsp3) is 0.727. The molecule has 0 radical (unpaired) electrons. The van der Waals surface area contributed by atoms with Crippen molar-refractivity contribution in [1.82, 2.24) is 15.1 Å². The molecule has 18 heavy (non-hydrogen) atoms. The van der Waals surface area contributed by atoms with Crippen LogP contribution in [0.15, 0.2) is 0 Å². The van der Waals surface area contributed by atoms with Crippen LogP contribution in [0.25, 0.3) is 0 Å². The van der Waals surface area contributed by atoms with Crippen LogP contribution in [-0.4, -0.2) is 29.0 Å². The summed E-state index contributed by atoms with van der Waals surface area (Å²) in [7, 11) is 3.36. The first-order valence-corrected chi connectivity index (χ1v) is 6.04. The molecule has 3 nitrogen and oxygen atoms in total. The summed E-state index contributed by atoms with van der Waals surface area (Å²) in [4.78, 5) is 0. The largest absolute Gasteiger partial charge is 0.389 e. The third-order valence-corrected chi connectivity index (χ3v) is 3.38. The quantitative estimate of drug-likeness (QED) is 0.900. The highest BCUT2D eigenvalue weighted by Gasteiger charge is 2.28. The lowest BCUT2D eigenvalue weighted by Gasteiger charge is -2.17. The van der Waals surface area contributed by atoms with Gasteiger partial charge in [-0.3, -0.25) is 4.68 Å². The van der Waals surface area contributed by atoms with Crippen LogP contribution in [0.5, 0.6) is 0 Å². The second-order valence-electron chi connectivity index (χ2n) is 4.32. The van der Waals surface area contributed by atoms with Gasteiger partial charge in [-0.2, -0.15) is 18.3 Å². The van der Waals surface area contributed by atoms with E-state index >= 15 is 0 Å². The van der Waals surface area contributed by atoms with Crippen molar-refractivity contribution in [2.75, 3.05) is 7.05 Å². The molecule has 0 amide bonds. The van der Waals surface area contributed by atoms with Crippen molar-refractivity contribution in [3.63, 3.8) is 0 Å². The minimum Gasteiger partial charge on any atom is -0.317 e. The van der Waals surface area contributed by atoms with Gasteiger partial charge in [0.05, 0.1) is 5.69 Å². The highest BCUT2D eigenvalue weighted by Crippen LogP contribution is 2.25. The maximum atomic E-state index is 12.2. The number of hydrogen-bond acceptors (Lipinski definition) is 2. The van der Waals surface area contributed by atoms with Crippen LogP contribution in [0.2, 0.25) is 5.15 Å². The van der Waals surface area contributed by atoms with E-state index < -0.39 is 12.6 Å². The number of nitrogens with one attached hydrogen (secondary N) is 1. The van der Waals surface area contributed by atoms with Crippen LogP contribution < -0.4 is 5.32 Å². The van der Waals surface area contributed by atoms with E-state index in [4.69, 9.17) is 11.6 Å². The van der Waals surface area contributed by atoms with Gasteiger partial charge in [0.25, 0.3) is 0 Å². The van der Waals surface area contributed by atoms with Crippen molar-refractivity contribution in [3.8, 4) is 0 Å². The summed E-state index contributed by atoms with van der Waals surface area (Å²) in [6.07, 6.45) is -4.44. The summed E-state index contributed by atoms with van der Waals surface area (Å²) < 4.78 is 38.1. The second kappa shape index (κ2) is 5.93. The van der Waals surface area contributed by atoms with E-state index in [1.165, 1.54) is 4.68 Å². The third kappa shape index (κ3) is 4.17. The monoisotopic (exact) mass is 283 g/mol. The molecule has 0 aliphatic carbocycles. The second-order valence-corrected chi connectivity index (χ2v) is 4.68. The molecular formula is C11H17ClF3N3. The van der Waals surface area contributed by atoms with Crippen LogP contribution in [0.1, 0.15) is 24.1 Å². The Kier molecular flexibility index (Phi) is 5.04. The first-order valence-electron chi connectivity index (χ1n) is 5.66. The number of rotatable bonds is 5. The van der Waals surface area contributed by atoms with Crippen molar-refractivity contribution in [2.45, 2.75) is 38.4 Å². The van der Waals surface area contributed by atoms with Gasteiger partial charge in [-0.25, -0.2) is 0 Å². The minimum absolute atomic E-state index is 0.0324. The van der Waals surface area contributed by atoms with E-state index in [0.29, 0.717) is 11.6 Å². The van der Waals surface area contributed by atoms with E-state index in [2.05, 4.69) is 10.4 Å². The predicted octanol–water partition coefficient (Wildman–Crippen LogP) is 2.85. The van der Waals surface area contributed by atoms with Crippen molar-refractivity contribution in [1.29, 1.82) is 0 Å². The fourth-order valence-corrected chi connectivity index (χ4v) is 2.09.